The van der Waals surface area contributed by atoms with Crippen molar-refractivity contribution in [3.05, 3.63) is 65.6 Å². The second-order valence-corrected chi connectivity index (χ2v) is 13.3. The minimum Gasteiger partial charge on any atom is -0.459 e. The van der Waals surface area contributed by atoms with Gasteiger partial charge in [-0.25, -0.2) is 27.8 Å². The Hall–Kier alpha value is -3.70. The minimum atomic E-state index is -3.84. The molecular formula is C32H39FN6O3S. The number of fused-ring (bicyclic) bond motifs is 1. The fourth-order valence-corrected chi connectivity index (χ4v) is 7.12. The summed E-state index contributed by atoms with van der Waals surface area (Å²) in [5.74, 6) is 0.262. The normalized spacial score (nSPS) is 18.1. The third-order valence-corrected chi connectivity index (χ3v) is 9.68. The molecule has 11 heteroatoms. The first-order valence-corrected chi connectivity index (χ1v) is 16.4. The summed E-state index contributed by atoms with van der Waals surface area (Å²) in [7, 11) is 0.445. The second kappa shape index (κ2) is 12.9. The van der Waals surface area contributed by atoms with Gasteiger partial charge in [-0.05, 0) is 89.0 Å². The molecule has 5 rings (SSSR count). The Kier molecular flexibility index (Phi) is 9.22. The van der Waals surface area contributed by atoms with E-state index in [4.69, 9.17) is 14.7 Å². The molecule has 1 N–H and O–H groups in total. The molecule has 1 aliphatic carbocycles. The van der Waals surface area contributed by atoms with Crippen LogP contribution in [-0.2, 0) is 22.0 Å². The lowest BCUT2D eigenvalue weighted by Gasteiger charge is -2.32. The molecule has 0 radical (unpaired) electrons. The zero-order valence-electron chi connectivity index (χ0n) is 25.3. The molecule has 228 valence electrons. The van der Waals surface area contributed by atoms with Crippen LogP contribution in [0.3, 0.4) is 0 Å². The average molecular weight is 607 g/mol. The fraction of sp³-hybridized carbons (Fsp3) is 0.438. The molecule has 3 aromatic heterocycles. The van der Waals surface area contributed by atoms with E-state index in [1.54, 1.807) is 24.4 Å². The number of halogens is 1. The number of anilines is 1. The monoisotopic (exact) mass is 606 g/mol. The molecule has 4 aromatic rings. The van der Waals surface area contributed by atoms with Crippen LogP contribution in [0.1, 0.15) is 56.5 Å². The molecule has 1 aliphatic rings. The first kappa shape index (κ1) is 30.7. The highest BCUT2D eigenvalue weighted by molar-refractivity contribution is 7.90. The Labute approximate surface area is 252 Å². The van der Waals surface area contributed by atoms with E-state index in [0.717, 1.165) is 54.4 Å². The molecule has 1 fully saturated rings. The summed E-state index contributed by atoms with van der Waals surface area (Å²) >= 11 is 0. The molecule has 1 unspecified atom stereocenters. The van der Waals surface area contributed by atoms with Gasteiger partial charge in [-0.15, -0.1) is 0 Å². The van der Waals surface area contributed by atoms with Crippen molar-refractivity contribution >= 4 is 26.8 Å². The van der Waals surface area contributed by atoms with Gasteiger partial charge in [0, 0.05) is 30.3 Å². The Morgan fingerprint density at radius 1 is 1.07 bits per heavy atom. The maximum absolute atomic E-state index is 13.5. The van der Waals surface area contributed by atoms with E-state index in [-0.39, 0.29) is 16.4 Å². The number of alkyl halides is 1. The van der Waals surface area contributed by atoms with Gasteiger partial charge in [-0.1, -0.05) is 19.1 Å². The van der Waals surface area contributed by atoms with Crippen molar-refractivity contribution in [1.29, 1.82) is 0 Å². The number of nitrogens with one attached hydrogen (secondary N) is 1. The zero-order valence-corrected chi connectivity index (χ0v) is 26.2. The number of sulfone groups is 1. The van der Waals surface area contributed by atoms with Gasteiger partial charge in [0.2, 0.25) is 12.3 Å². The fourth-order valence-electron chi connectivity index (χ4n) is 5.70. The Morgan fingerprint density at radius 2 is 1.81 bits per heavy atom. The van der Waals surface area contributed by atoms with Gasteiger partial charge in [0.25, 0.3) is 0 Å². The molecule has 43 heavy (non-hydrogen) atoms. The number of aryl methyl sites for hydroxylation is 2. The average Bonchev–Trinajstić information content (AvgIpc) is 2.96. The number of hydrogen-bond acceptors (Lipinski definition) is 9. The van der Waals surface area contributed by atoms with Crippen LogP contribution < -0.4 is 10.1 Å². The van der Waals surface area contributed by atoms with Crippen molar-refractivity contribution in [3.63, 3.8) is 0 Å². The highest BCUT2D eigenvalue weighted by Crippen LogP contribution is 2.30. The SMILES string of the molecule is CCc1cc(-c2ccc(CS(=O)(=O)c3ccccc3OC(C)F)nc2C)nc2cnc(NC3CCC(N(C)C)CC3)nc12. The lowest BCUT2D eigenvalue weighted by atomic mass is 9.91. The number of hydrogen-bond donors (Lipinski definition) is 1. The number of para-hydroxylation sites is 1. The molecule has 3 heterocycles. The van der Waals surface area contributed by atoms with Gasteiger partial charge in [-0.2, -0.15) is 0 Å². The van der Waals surface area contributed by atoms with Gasteiger partial charge in [0.05, 0.1) is 28.9 Å². The quantitative estimate of drug-likeness (QED) is 0.236. The smallest absolute Gasteiger partial charge is 0.235 e. The standard InChI is InChI=1S/C32H39FN6O3S/c1-6-22-17-27(37-28-18-34-32(38-31(22)28)36-23-11-14-25(15-12-23)39(4)5)26-16-13-24(35-20(26)2)19-43(40,41)30-10-8-7-9-29(30)42-21(3)33/h7-10,13,16-18,21,23,25H,6,11-12,14-15,19H2,1-5H3,(H,34,36,38). The Bertz CT molecular complexity index is 1710. The van der Waals surface area contributed by atoms with E-state index in [1.807, 2.05) is 19.1 Å². The lowest BCUT2D eigenvalue weighted by Crippen LogP contribution is -2.36. The van der Waals surface area contributed by atoms with Crippen molar-refractivity contribution in [1.82, 2.24) is 24.8 Å². The largest absolute Gasteiger partial charge is 0.459 e. The third kappa shape index (κ3) is 7.10. The van der Waals surface area contributed by atoms with Crippen molar-refractivity contribution in [2.75, 3.05) is 19.4 Å². The number of benzene rings is 1. The molecule has 0 saturated heterocycles. The molecule has 1 atom stereocenters. The minimum absolute atomic E-state index is 0.0180. The topological polar surface area (TPSA) is 110 Å². The molecule has 0 spiro atoms. The first-order valence-electron chi connectivity index (χ1n) is 14.7. The molecule has 0 aliphatic heterocycles. The number of aromatic nitrogens is 4. The van der Waals surface area contributed by atoms with Crippen molar-refractivity contribution < 1.29 is 17.5 Å². The molecule has 0 bridgehead atoms. The van der Waals surface area contributed by atoms with Crippen LogP contribution in [0.25, 0.3) is 22.3 Å². The highest BCUT2D eigenvalue weighted by Gasteiger charge is 2.24. The van der Waals surface area contributed by atoms with E-state index in [9.17, 15) is 12.8 Å². The van der Waals surface area contributed by atoms with Crippen molar-refractivity contribution in [3.8, 4) is 17.0 Å². The van der Waals surface area contributed by atoms with Gasteiger partial charge in [0.1, 0.15) is 16.2 Å². The van der Waals surface area contributed by atoms with Gasteiger partial charge >= 0.3 is 0 Å². The maximum atomic E-state index is 13.5. The number of ether oxygens (including phenoxy) is 1. The second-order valence-electron chi connectivity index (χ2n) is 11.4. The molecular weight excluding hydrogens is 567 g/mol. The lowest BCUT2D eigenvalue weighted by molar-refractivity contribution is 0.0828. The number of rotatable bonds is 10. The van der Waals surface area contributed by atoms with Crippen LogP contribution in [0.5, 0.6) is 5.75 Å². The van der Waals surface area contributed by atoms with Gasteiger partial charge < -0.3 is 15.0 Å². The summed E-state index contributed by atoms with van der Waals surface area (Å²) in [6.07, 6.45) is 5.37. The van der Waals surface area contributed by atoms with Crippen LogP contribution in [0.4, 0.5) is 10.3 Å². The van der Waals surface area contributed by atoms with Crippen LogP contribution in [0, 0.1) is 6.92 Å². The van der Waals surface area contributed by atoms with Crippen molar-refractivity contribution in [2.24, 2.45) is 0 Å². The summed E-state index contributed by atoms with van der Waals surface area (Å²) in [4.78, 5) is 21.1. The van der Waals surface area contributed by atoms with E-state index in [2.05, 4.69) is 41.2 Å². The molecule has 9 nitrogen and oxygen atoms in total. The summed E-state index contributed by atoms with van der Waals surface area (Å²) < 4.78 is 45.0. The van der Waals surface area contributed by atoms with E-state index >= 15 is 0 Å². The number of nitrogens with zero attached hydrogens (tertiary/aromatic N) is 5. The maximum Gasteiger partial charge on any atom is 0.235 e. The van der Waals surface area contributed by atoms with Crippen molar-refractivity contribution in [2.45, 2.75) is 82.0 Å². The Balaban J connectivity index is 1.37. The predicted molar refractivity (Wildman–Crippen MR) is 167 cm³/mol. The first-order chi connectivity index (χ1) is 20.5. The number of pyridine rings is 2. The summed E-state index contributed by atoms with van der Waals surface area (Å²) in [6.45, 7) is 5.12. The zero-order chi connectivity index (χ0) is 30.7. The summed E-state index contributed by atoms with van der Waals surface area (Å²) in [5, 5.41) is 3.53. The molecule has 0 amide bonds. The molecule has 1 aromatic carbocycles. The van der Waals surface area contributed by atoms with E-state index in [1.165, 1.54) is 19.1 Å². The van der Waals surface area contributed by atoms with Crippen LogP contribution >= 0.6 is 0 Å². The van der Waals surface area contributed by atoms with Gasteiger partial charge in [-0.3, -0.25) is 4.98 Å². The van der Waals surface area contributed by atoms with E-state index < -0.39 is 16.2 Å². The van der Waals surface area contributed by atoms with Crippen LogP contribution in [0.15, 0.2) is 53.6 Å². The third-order valence-electron chi connectivity index (χ3n) is 8.00. The van der Waals surface area contributed by atoms with E-state index in [0.29, 0.717) is 34.9 Å². The van der Waals surface area contributed by atoms with Crippen LogP contribution in [-0.4, -0.2) is 65.8 Å². The van der Waals surface area contributed by atoms with Crippen LogP contribution in [0.2, 0.25) is 0 Å². The Morgan fingerprint density at radius 3 is 2.49 bits per heavy atom. The summed E-state index contributed by atoms with van der Waals surface area (Å²) in [5.41, 5.74) is 5.11. The molecule has 1 saturated carbocycles. The highest BCUT2D eigenvalue weighted by atomic mass is 32.2. The van der Waals surface area contributed by atoms with Gasteiger partial charge in [0.15, 0.2) is 9.84 Å². The summed E-state index contributed by atoms with van der Waals surface area (Å²) in [6, 6.07) is 12.6. The predicted octanol–water partition coefficient (Wildman–Crippen LogP) is 5.91.